The molecule has 18 heavy (non-hydrogen) atoms. The van der Waals surface area contributed by atoms with Crippen LogP contribution >= 0.6 is 0 Å². The van der Waals surface area contributed by atoms with Gasteiger partial charge in [-0.05, 0) is 38.3 Å². The van der Waals surface area contributed by atoms with E-state index in [1.165, 1.54) is 12.0 Å². The third-order valence-electron chi connectivity index (χ3n) is 3.89. The summed E-state index contributed by atoms with van der Waals surface area (Å²) in [6.45, 7) is 5.90. The lowest BCUT2D eigenvalue weighted by atomic mass is 10.1. The fraction of sp³-hybridized carbons (Fsp3) is 0.643. The Morgan fingerprint density at radius 3 is 3.00 bits per heavy atom. The van der Waals surface area contributed by atoms with Gasteiger partial charge in [0.15, 0.2) is 0 Å². The van der Waals surface area contributed by atoms with Crippen molar-refractivity contribution in [2.45, 2.75) is 45.4 Å². The first-order valence-electron chi connectivity index (χ1n) is 6.53. The molecule has 2 unspecified atom stereocenters. The summed E-state index contributed by atoms with van der Waals surface area (Å²) < 4.78 is 7.60. The standard InChI is InChI=1S/C14H21N3O/c1-10(14-5-4-6-18-14)16-9-12-7-13(8-15)17(3)11(12)2/h7,10,14,16H,4-6,9H2,1-3H3. The largest absolute Gasteiger partial charge is 0.377 e. The molecule has 2 rings (SSSR count). The number of nitriles is 1. The van der Waals surface area contributed by atoms with Gasteiger partial charge in [0.2, 0.25) is 0 Å². The quantitative estimate of drug-likeness (QED) is 0.883. The molecule has 1 fully saturated rings. The second-order valence-electron chi connectivity index (χ2n) is 5.03. The molecule has 0 amide bonds. The normalized spacial score (nSPS) is 20.9. The van der Waals surface area contributed by atoms with Crippen LogP contribution in [0, 0.1) is 18.3 Å². The number of hydrogen-bond donors (Lipinski definition) is 1. The van der Waals surface area contributed by atoms with E-state index in [1.54, 1.807) is 0 Å². The van der Waals surface area contributed by atoms with Crippen molar-refractivity contribution in [1.82, 2.24) is 9.88 Å². The SMILES string of the molecule is Cc1c(CNC(C)C2CCCO2)cc(C#N)n1C. The first kappa shape index (κ1) is 13.1. The first-order valence-corrected chi connectivity index (χ1v) is 6.53. The molecule has 0 aliphatic carbocycles. The van der Waals surface area contributed by atoms with Crippen LogP contribution in [0.25, 0.3) is 0 Å². The molecule has 98 valence electrons. The number of aromatic nitrogens is 1. The van der Waals surface area contributed by atoms with Gasteiger partial charge in [0.05, 0.1) is 6.10 Å². The third-order valence-corrected chi connectivity index (χ3v) is 3.89. The summed E-state index contributed by atoms with van der Waals surface area (Å²) in [5.41, 5.74) is 3.06. The van der Waals surface area contributed by atoms with Crippen LogP contribution in [-0.2, 0) is 18.3 Å². The van der Waals surface area contributed by atoms with E-state index >= 15 is 0 Å². The Balaban J connectivity index is 1.95. The van der Waals surface area contributed by atoms with Gasteiger partial charge in [-0.15, -0.1) is 0 Å². The van der Waals surface area contributed by atoms with E-state index in [4.69, 9.17) is 10.00 Å². The maximum absolute atomic E-state index is 8.99. The predicted molar refractivity (Wildman–Crippen MR) is 70.1 cm³/mol. The zero-order valence-electron chi connectivity index (χ0n) is 11.4. The molecule has 0 bridgehead atoms. The second kappa shape index (κ2) is 5.55. The third kappa shape index (κ3) is 2.58. The van der Waals surface area contributed by atoms with Crippen LogP contribution in [0.2, 0.25) is 0 Å². The Morgan fingerprint density at radius 1 is 1.67 bits per heavy atom. The molecule has 1 aliphatic rings. The van der Waals surface area contributed by atoms with Crippen molar-refractivity contribution in [1.29, 1.82) is 5.26 Å². The molecular weight excluding hydrogens is 226 g/mol. The summed E-state index contributed by atoms with van der Waals surface area (Å²) in [6, 6.07) is 4.53. The van der Waals surface area contributed by atoms with Crippen LogP contribution in [0.5, 0.6) is 0 Å². The summed E-state index contributed by atoms with van der Waals surface area (Å²) >= 11 is 0. The lowest BCUT2D eigenvalue weighted by molar-refractivity contribution is 0.0832. The average Bonchev–Trinajstić information content (AvgIpc) is 2.98. The van der Waals surface area contributed by atoms with Gasteiger partial charge in [-0.3, -0.25) is 0 Å². The number of hydrogen-bond acceptors (Lipinski definition) is 3. The topological polar surface area (TPSA) is 50.0 Å². The van der Waals surface area contributed by atoms with Crippen molar-refractivity contribution in [3.63, 3.8) is 0 Å². The molecule has 1 saturated heterocycles. The van der Waals surface area contributed by atoms with Crippen molar-refractivity contribution in [2.75, 3.05) is 6.61 Å². The molecule has 4 heteroatoms. The number of rotatable bonds is 4. The van der Waals surface area contributed by atoms with Crippen molar-refractivity contribution < 1.29 is 4.74 Å². The Labute approximate surface area is 109 Å². The van der Waals surface area contributed by atoms with Crippen molar-refractivity contribution in [3.8, 4) is 6.07 Å². The van der Waals surface area contributed by atoms with E-state index in [1.807, 2.05) is 17.7 Å². The van der Waals surface area contributed by atoms with E-state index in [0.717, 1.165) is 25.3 Å². The summed E-state index contributed by atoms with van der Waals surface area (Å²) in [4.78, 5) is 0. The van der Waals surface area contributed by atoms with Gasteiger partial charge in [-0.1, -0.05) is 0 Å². The van der Waals surface area contributed by atoms with E-state index in [9.17, 15) is 0 Å². The zero-order chi connectivity index (χ0) is 13.1. The minimum absolute atomic E-state index is 0.337. The van der Waals surface area contributed by atoms with Crippen LogP contribution in [0.3, 0.4) is 0 Å². The maximum Gasteiger partial charge on any atom is 0.120 e. The van der Waals surface area contributed by atoms with Gasteiger partial charge in [0.1, 0.15) is 11.8 Å². The lowest BCUT2D eigenvalue weighted by Crippen LogP contribution is -2.36. The maximum atomic E-state index is 8.99. The monoisotopic (exact) mass is 247 g/mol. The van der Waals surface area contributed by atoms with Crippen molar-refractivity contribution in [2.24, 2.45) is 7.05 Å². The highest BCUT2D eigenvalue weighted by Crippen LogP contribution is 2.17. The predicted octanol–water partition coefficient (Wildman–Crippen LogP) is 1.86. The fourth-order valence-electron chi connectivity index (χ4n) is 2.45. The second-order valence-corrected chi connectivity index (χ2v) is 5.03. The highest BCUT2D eigenvalue weighted by Gasteiger charge is 2.22. The van der Waals surface area contributed by atoms with Crippen LogP contribution in [0.1, 0.15) is 36.7 Å². The van der Waals surface area contributed by atoms with Gasteiger partial charge < -0.3 is 14.6 Å². The Hall–Kier alpha value is -1.31. The molecule has 0 saturated carbocycles. The highest BCUT2D eigenvalue weighted by molar-refractivity contribution is 5.34. The van der Waals surface area contributed by atoms with Gasteiger partial charge in [0.25, 0.3) is 0 Å². The lowest BCUT2D eigenvalue weighted by Gasteiger charge is -2.20. The molecule has 0 aromatic carbocycles. The smallest absolute Gasteiger partial charge is 0.120 e. The Morgan fingerprint density at radius 2 is 2.44 bits per heavy atom. The van der Waals surface area contributed by atoms with Crippen LogP contribution in [0.15, 0.2) is 6.07 Å². The van der Waals surface area contributed by atoms with Crippen molar-refractivity contribution in [3.05, 3.63) is 23.0 Å². The molecule has 1 aromatic rings. The number of ether oxygens (including phenoxy) is 1. The molecule has 0 radical (unpaired) electrons. The van der Waals surface area contributed by atoms with Crippen LogP contribution < -0.4 is 5.32 Å². The van der Waals surface area contributed by atoms with Gasteiger partial charge in [0, 0.05) is 31.9 Å². The molecule has 0 spiro atoms. The van der Waals surface area contributed by atoms with Crippen LogP contribution in [-0.4, -0.2) is 23.3 Å². The number of nitrogens with one attached hydrogen (secondary N) is 1. The van der Waals surface area contributed by atoms with Gasteiger partial charge in [-0.2, -0.15) is 5.26 Å². The van der Waals surface area contributed by atoms with E-state index in [-0.39, 0.29) is 0 Å². The molecule has 2 heterocycles. The molecule has 1 N–H and O–H groups in total. The summed E-state index contributed by atoms with van der Waals surface area (Å²) in [6.07, 6.45) is 2.65. The highest BCUT2D eigenvalue weighted by atomic mass is 16.5. The van der Waals surface area contributed by atoms with Gasteiger partial charge >= 0.3 is 0 Å². The van der Waals surface area contributed by atoms with Gasteiger partial charge in [-0.25, -0.2) is 0 Å². The Bertz CT molecular complexity index is 452. The fourth-order valence-corrected chi connectivity index (χ4v) is 2.45. The number of nitrogens with zero attached hydrogens (tertiary/aromatic N) is 2. The van der Waals surface area contributed by atoms with Crippen LogP contribution in [0.4, 0.5) is 0 Å². The zero-order valence-corrected chi connectivity index (χ0v) is 11.4. The summed E-state index contributed by atoms with van der Waals surface area (Å²) in [5.74, 6) is 0. The first-order chi connectivity index (χ1) is 8.63. The van der Waals surface area contributed by atoms with Crippen molar-refractivity contribution >= 4 is 0 Å². The molecular formula is C14H21N3O. The average molecular weight is 247 g/mol. The molecule has 4 nitrogen and oxygen atoms in total. The van der Waals surface area contributed by atoms with E-state index < -0.39 is 0 Å². The Kier molecular flexibility index (Phi) is 4.05. The molecule has 2 atom stereocenters. The molecule has 1 aliphatic heterocycles. The van der Waals surface area contributed by atoms with E-state index in [0.29, 0.717) is 17.8 Å². The summed E-state index contributed by atoms with van der Waals surface area (Å²) in [7, 11) is 1.93. The summed E-state index contributed by atoms with van der Waals surface area (Å²) in [5, 5.41) is 12.5. The van der Waals surface area contributed by atoms with E-state index in [2.05, 4.69) is 25.2 Å². The molecule has 1 aromatic heterocycles. The minimum atomic E-state index is 0.337. The minimum Gasteiger partial charge on any atom is -0.377 e.